The maximum absolute atomic E-state index is 11.1. The van der Waals surface area contributed by atoms with Gasteiger partial charge in [0.05, 0.1) is 13.2 Å². The van der Waals surface area contributed by atoms with E-state index in [-0.39, 0.29) is 18.3 Å². The number of nitrogens with zero attached hydrogens (tertiary/aromatic N) is 1. The van der Waals surface area contributed by atoms with Crippen LogP contribution in [0.3, 0.4) is 0 Å². The van der Waals surface area contributed by atoms with E-state index in [4.69, 9.17) is 4.74 Å². The highest BCUT2D eigenvalue weighted by atomic mass is 35.5. The molecule has 0 spiro atoms. The Morgan fingerprint density at radius 1 is 1.57 bits per heavy atom. The molecule has 4 nitrogen and oxygen atoms in total. The minimum atomic E-state index is 0. The summed E-state index contributed by atoms with van der Waals surface area (Å²) in [6, 6.07) is 0. The van der Waals surface area contributed by atoms with Crippen LogP contribution in [0.5, 0.6) is 0 Å². The molecule has 0 bridgehead atoms. The van der Waals surface area contributed by atoms with Gasteiger partial charge < -0.3 is 10.1 Å². The lowest BCUT2D eigenvalue weighted by Crippen LogP contribution is -2.49. The summed E-state index contributed by atoms with van der Waals surface area (Å²) in [6.45, 7) is 5.14. The summed E-state index contributed by atoms with van der Waals surface area (Å²) in [7, 11) is 0. The summed E-state index contributed by atoms with van der Waals surface area (Å²) in [5.41, 5.74) is 0. The molecule has 0 radical (unpaired) electrons. The molecule has 1 unspecified atom stereocenters. The normalized spacial score (nSPS) is 28.3. The van der Waals surface area contributed by atoms with Gasteiger partial charge in [-0.1, -0.05) is 0 Å². The minimum Gasteiger partial charge on any atom is -0.381 e. The fourth-order valence-electron chi connectivity index (χ4n) is 1.94. The number of nitrogens with one attached hydrogen (secondary N) is 1. The van der Waals surface area contributed by atoms with E-state index in [1.165, 1.54) is 0 Å². The Bertz CT molecular complexity index is 195. The van der Waals surface area contributed by atoms with Crippen molar-refractivity contribution in [2.24, 2.45) is 5.92 Å². The predicted octanol–water partition coefficient (Wildman–Crippen LogP) is -0.124. The predicted molar refractivity (Wildman–Crippen MR) is 55.6 cm³/mol. The number of carbonyl (C=O) groups excluding carboxylic acids is 1. The number of amides is 1. The van der Waals surface area contributed by atoms with Crippen molar-refractivity contribution in [3.8, 4) is 0 Å². The fraction of sp³-hybridized carbons (Fsp3) is 0.889. The fourth-order valence-corrected chi connectivity index (χ4v) is 1.94. The monoisotopic (exact) mass is 220 g/mol. The van der Waals surface area contributed by atoms with Crippen LogP contribution in [-0.4, -0.2) is 50.2 Å². The maximum atomic E-state index is 11.1. The molecule has 2 heterocycles. The standard InChI is InChI=1S/C9H16N2O2.ClH/c12-9-6-11(3-2-10-9)5-8-1-4-13-7-8;/h8H,1-7H2,(H,10,12);1H. The van der Waals surface area contributed by atoms with E-state index in [2.05, 4.69) is 10.2 Å². The zero-order valence-electron chi connectivity index (χ0n) is 8.20. The molecule has 1 atom stereocenters. The Balaban J connectivity index is 0.000000980. The largest absolute Gasteiger partial charge is 0.381 e. The topological polar surface area (TPSA) is 41.6 Å². The van der Waals surface area contributed by atoms with E-state index < -0.39 is 0 Å². The SMILES string of the molecule is Cl.O=C1CN(CC2CCOC2)CCN1. The van der Waals surface area contributed by atoms with Crippen molar-refractivity contribution >= 4 is 18.3 Å². The maximum Gasteiger partial charge on any atom is 0.234 e. The molecule has 2 rings (SSSR count). The van der Waals surface area contributed by atoms with Crippen LogP contribution < -0.4 is 5.32 Å². The number of piperazine rings is 1. The lowest BCUT2D eigenvalue weighted by atomic mass is 10.1. The van der Waals surface area contributed by atoms with E-state index in [0.717, 1.165) is 39.3 Å². The number of halogens is 1. The van der Waals surface area contributed by atoms with Gasteiger partial charge >= 0.3 is 0 Å². The summed E-state index contributed by atoms with van der Waals surface area (Å²) in [5, 5.41) is 2.83. The molecule has 0 aliphatic carbocycles. The molecule has 0 saturated carbocycles. The highest BCUT2D eigenvalue weighted by Gasteiger charge is 2.22. The Morgan fingerprint density at radius 3 is 3.07 bits per heavy atom. The second kappa shape index (κ2) is 5.53. The highest BCUT2D eigenvalue weighted by molar-refractivity contribution is 5.85. The molecule has 1 amide bonds. The average Bonchev–Trinajstić information content (AvgIpc) is 2.57. The Kier molecular flexibility index (Phi) is 4.65. The van der Waals surface area contributed by atoms with Crippen molar-refractivity contribution in [3.05, 3.63) is 0 Å². The molecule has 1 N–H and O–H groups in total. The summed E-state index contributed by atoms with van der Waals surface area (Å²) in [6.07, 6.45) is 1.15. The van der Waals surface area contributed by atoms with Gasteiger partial charge in [-0.2, -0.15) is 0 Å². The zero-order valence-corrected chi connectivity index (χ0v) is 9.02. The van der Waals surface area contributed by atoms with Crippen LogP contribution in [-0.2, 0) is 9.53 Å². The molecule has 2 aliphatic heterocycles. The number of ether oxygens (including phenoxy) is 1. The molecule has 82 valence electrons. The number of hydrogen-bond donors (Lipinski definition) is 1. The van der Waals surface area contributed by atoms with Crippen molar-refractivity contribution in [1.82, 2.24) is 10.2 Å². The highest BCUT2D eigenvalue weighted by Crippen LogP contribution is 2.13. The van der Waals surface area contributed by atoms with Gasteiger partial charge in [-0.15, -0.1) is 12.4 Å². The number of carbonyl (C=O) groups is 1. The molecule has 0 aromatic rings. The van der Waals surface area contributed by atoms with Crippen LogP contribution in [0.1, 0.15) is 6.42 Å². The zero-order chi connectivity index (χ0) is 9.10. The number of hydrogen-bond acceptors (Lipinski definition) is 3. The van der Waals surface area contributed by atoms with Crippen LogP contribution >= 0.6 is 12.4 Å². The molecule has 0 aromatic heterocycles. The Morgan fingerprint density at radius 2 is 2.43 bits per heavy atom. The molecule has 2 aliphatic rings. The van der Waals surface area contributed by atoms with E-state index in [9.17, 15) is 4.79 Å². The van der Waals surface area contributed by atoms with Crippen LogP contribution in [0.15, 0.2) is 0 Å². The third kappa shape index (κ3) is 3.12. The van der Waals surface area contributed by atoms with Gasteiger partial charge in [0.25, 0.3) is 0 Å². The minimum absolute atomic E-state index is 0. The summed E-state index contributed by atoms with van der Waals surface area (Å²) < 4.78 is 5.30. The quantitative estimate of drug-likeness (QED) is 0.706. The Hall–Kier alpha value is -0.320. The van der Waals surface area contributed by atoms with Crippen molar-refractivity contribution in [3.63, 3.8) is 0 Å². The first kappa shape index (κ1) is 11.8. The first-order valence-electron chi connectivity index (χ1n) is 4.91. The summed E-state index contributed by atoms with van der Waals surface area (Å²) >= 11 is 0. The summed E-state index contributed by atoms with van der Waals surface area (Å²) in [4.78, 5) is 13.3. The molecular weight excluding hydrogens is 204 g/mol. The third-order valence-electron chi connectivity index (χ3n) is 2.66. The van der Waals surface area contributed by atoms with E-state index in [0.29, 0.717) is 12.5 Å². The molecular formula is C9H17ClN2O2. The van der Waals surface area contributed by atoms with Crippen molar-refractivity contribution in [1.29, 1.82) is 0 Å². The lowest BCUT2D eigenvalue weighted by molar-refractivity contribution is -0.124. The average molecular weight is 221 g/mol. The third-order valence-corrected chi connectivity index (χ3v) is 2.66. The Labute approximate surface area is 90.4 Å². The smallest absolute Gasteiger partial charge is 0.234 e. The second-order valence-electron chi connectivity index (χ2n) is 3.81. The van der Waals surface area contributed by atoms with Crippen molar-refractivity contribution in [2.45, 2.75) is 6.42 Å². The van der Waals surface area contributed by atoms with Crippen molar-refractivity contribution < 1.29 is 9.53 Å². The second-order valence-corrected chi connectivity index (χ2v) is 3.81. The van der Waals surface area contributed by atoms with Crippen molar-refractivity contribution in [2.75, 3.05) is 39.4 Å². The van der Waals surface area contributed by atoms with Gasteiger partial charge in [-0.05, 0) is 12.3 Å². The van der Waals surface area contributed by atoms with Crippen LogP contribution in [0.25, 0.3) is 0 Å². The van der Waals surface area contributed by atoms with Gasteiger partial charge in [-0.25, -0.2) is 0 Å². The molecule has 2 fully saturated rings. The van der Waals surface area contributed by atoms with Crippen LogP contribution in [0, 0.1) is 5.92 Å². The van der Waals surface area contributed by atoms with Gasteiger partial charge in [0.1, 0.15) is 0 Å². The van der Waals surface area contributed by atoms with Gasteiger partial charge in [0.15, 0.2) is 0 Å². The van der Waals surface area contributed by atoms with E-state index >= 15 is 0 Å². The van der Waals surface area contributed by atoms with Gasteiger partial charge in [-0.3, -0.25) is 9.69 Å². The van der Waals surface area contributed by atoms with E-state index in [1.54, 1.807) is 0 Å². The van der Waals surface area contributed by atoms with Gasteiger partial charge in [0.2, 0.25) is 5.91 Å². The van der Waals surface area contributed by atoms with E-state index in [1.807, 2.05) is 0 Å². The first-order valence-corrected chi connectivity index (χ1v) is 4.91. The molecule has 14 heavy (non-hydrogen) atoms. The van der Waals surface area contributed by atoms with Gasteiger partial charge in [0, 0.05) is 26.2 Å². The van der Waals surface area contributed by atoms with Crippen LogP contribution in [0.2, 0.25) is 0 Å². The first-order chi connectivity index (χ1) is 6.34. The molecule has 5 heteroatoms. The van der Waals surface area contributed by atoms with Crippen LogP contribution in [0.4, 0.5) is 0 Å². The molecule has 2 saturated heterocycles. The lowest BCUT2D eigenvalue weighted by Gasteiger charge is -2.28. The number of rotatable bonds is 2. The summed E-state index contributed by atoms with van der Waals surface area (Å²) in [5.74, 6) is 0.802. The molecule has 0 aromatic carbocycles.